The summed E-state index contributed by atoms with van der Waals surface area (Å²) in [5, 5.41) is 7.59. The van der Waals surface area contributed by atoms with Gasteiger partial charge in [-0.1, -0.05) is 18.6 Å². The van der Waals surface area contributed by atoms with E-state index in [1.165, 1.54) is 18.6 Å². The Morgan fingerprint density at radius 2 is 2.00 bits per heavy atom. The predicted molar refractivity (Wildman–Crippen MR) is 95.6 cm³/mol. The summed E-state index contributed by atoms with van der Waals surface area (Å²) >= 11 is 0. The minimum absolute atomic E-state index is 0.0158. The van der Waals surface area contributed by atoms with E-state index in [1.54, 1.807) is 12.1 Å². The summed E-state index contributed by atoms with van der Waals surface area (Å²) in [6.45, 7) is 4.01. The van der Waals surface area contributed by atoms with E-state index >= 15 is 0 Å². The fourth-order valence-electron chi connectivity index (χ4n) is 3.58. The predicted octanol–water partition coefficient (Wildman–Crippen LogP) is 3.77. The lowest BCUT2D eigenvalue weighted by molar-refractivity contribution is -0.122. The molecule has 25 heavy (non-hydrogen) atoms. The highest BCUT2D eigenvalue weighted by Crippen LogP contribution is 2.37. The van der Waals surface area contributed by atoms with Crippen LogP contribution in [-0.2, 0) is 18.3 Å². The first-order valence-corrected chi connectivity index (χ1v) is 8.99. The lowest BCUT2D eigenvalue weighted by Crippen LogP contribution is -2.36. The second-order valence-corrected chi connectivity index (χ2v) is 7.06. The van der Waals surface area contributed by atoms with Crippen LogP contribution >= 0.6 is 0 Å². The van der Waals surface area contributed by atoms with Gasteiger partial charge in [0.1, 0.15) is 5.82 Å². The van der Waals surface area contributed by atoms with Crippen molar-refractivity contribution in [2.45, 2.75) is 52.0 Å². The second kappa shape index (κ2) is 7.38. The van der Waals surface area contributed by atoms with Gasteiger partial charge in [-0.15, -0.1) is 0 Å². The molecule has 0 radical (unpaired) electrons. The molecular weight excluding hydrogens is 317 g/mol. The van der Waals surface area contributed by atoms with Crippen molar-refractivity contribution >= 4 is 5.91 Å². The first kappa shape index (κ1) is 17.6. The highest BCUT2D eigenvalue weighted by Gasteiger charge is 2.29. The normalized spacial score (nSPS) is 15.7. The van der Waals surface area contributed by atoms with E-state index < -0.39 is 0 Å². The fourth-order valence-corrected chi connectivity index (χ4v) is 3.58. The first-order chi connectivity index (χ1) is 12.0. The number of amides is 1. The van der Waals surface area contributed by atoms with Crippen LogP contribution in [0.25, 0.3) is 0 Å². The van der Waals surface area contributed by atoms with Crippen molar-refractivity contribution in [2.75, 3.05) is 0 Å². The molecule has 0 bridgehead atoms. The molecule has 1 aliphatic rings. The smallest absolute Gasteiger partial charge is 0.220 e. The number of nitrogens with one attached hydrogen (secondary N) is 1. The second-order valence-electron chi connectivity index (χ2n) is 7.06. The molecule has 1 saturated carbocycles. The summed E-state index contributed by atoms with van der Waals surface area (Å²) in [6, 6.07) is 6.49. The molecule has 1 atom stereocenters. The van der Waals surface area contributed by atoms with Crippen LogP contribution in [0.15, 0.2) is 24.3 Å². The zero-order chi connectivity index (χ0) is 18.0. The van der Waals surface area contributed by atoms with Crippen LogP contribution < -0.4 is 5.32 Å². The van der Waals surface area contributed by atoms with Crippen LogP contribution in [0, 0.1) is 25.6 Å². The maximum absolute atomic E-state index is 13.2. The number of aryl methyl sites for hydroxylation is 2. The van der Waals surface area contributed by atoms with Crippen molar-refractivity contribution < 1.29 is 9.18 Å². The van der Waals surface area contributed by atoms with E-state index in [1.807, 2.05) is 25.6 Å². The largest absolute Gasteiger partial charge is 0.349 e. The van der Waals surface area contributed by atoms with Crippen molar-refractivity contribution in [2.24, 2.45) is 13.0 Å². The summed E-state index contributed by atoms with van der Waals surface area (Å²) < 4.78 is 15.1. The molecule has 1 heterocycles. The third-order valence-electron chi connectivity index (χ3n) is 5.43. The maximum Gasteiger partial charge on any atom is 0.220 e. The van der Waals surface area contributed by atoms with E-state index in [-0.39, 0.29) is 17.8 Å². The highest BCUT2D eigenvalue weighted by atomic mass is 19.1. The summed E-state index contributed by atoms with van der Waals surface area (Å²) in [4.78, 5) is 12.5. The van der Waals surface area contributed by atoms with Gasteiger partial charge in [0.15, 0.2) is 0 Å². The number of rotatable bonds is 6. The average Bonchev–Trinajstić information content (AvgIpc) is 2.76. The highest BCUT2D eigenvalue weighted by molar-refractivity contribution is 5.76. The zero-order valence-corrected chi connectivity index (χ0v) is 15.2. The van der Waals surface area contributed by atoms with Gasteiger partial charge in [0.2, 0.25) is 5.91 Å². The molecule has 0 aliphatic heterocycles. The molecule has 1 N–H and O–H groups in total. The lowest BCUT2D eigenvalue weighted by atomic mass is 9.77. The molecule has 134 valence electrons. The Morgan fingerprint density at radius 3 is 2.52 bits per heavy atom. The molecule has 1 amide bonds. The topological polar surface area (TPSA) is 46.9 Å². The van der Waals surface area contributed by atoms with E-state index in [2.05, 4.69) is 10.4 Å². The van der Waals surface area contributed by atoms with E-state index in [9.17, 15) is 9.18 Å². The number of hydrogen-bond acceptors (Lipinski definition) is 2. The van der Waals surface area contributed by atoms with Crippen molar-refractivity contribution in [3.63, 3.8) is 0 Å². The van der Waals surface area contributed by atoms with Gasteiger partial charge < -0.3 is 5.32 Å². The number of aromatic nitrogens is 2. The van der Waals surface area contributed by atoms with E-state index in [0.29, 0.717) is 18.8 Å². The number of carbonyl (C=O) groups excluding carboxylic acids is 1. The van der Waals surface area contributed by atoms with Gasteiger partial charge in [-0.3, -0.25) is 9.48 Å². The molecule has 2 aromatic rings. The van der Waals surface area contributed by atoms with Crippen LogP contribution in [0.2, 0.25) is 0 Å². The molecule has 1 aromatic carbocycles. The van der Waals surface area contributed by atoms with Crippen LogP contribution in [0.5, 0.6) is 0 Å². The van der Waals surface area contributed by atoms with Gasteiger partial charge in [0, 0.05) is 19.2 Å². The summed E-state index contributed by atoms with van der Waals surface area (Å²) in [7, 11) is 1.92. The lowest BCUT2D eigenvalue weighted by Gasteiger charge is -2.34. The number of carbonyl (C=O) groups is 1. The van der Waals surface area contributed by atoms with Crippen LogP contribution in [0.3, 0.4) is 0 Å². The SMILES string of the molecule is Cc1nn(C)c(C)c1CCC(=O)N[C@H](c1ccc(F)cc1)C1CCC1. The summed E-state index contributed by atoms with van der Waals surface area (Å²) in [5.74, 6) is 0.255. The quantitative estimate of drug-likeness (QED) is 0.868. The Hall–Kier alpha value is -2.17. The number of hydrogen-bond donors (Lipinski definition) is 1. The standard InChI is InChI=1S/C20H26FN3O/c1-13-18(14(2)24(3)23-13)11-12-19(25)22-20(15-5-4-6-15)16-7-9-17(21)10-8-16/h7-10,15,20H,4-6,11-12H2,1-3H3,(H,22,25)/t20-/m0/s1. The van der Waals surface area contributed by atoms with Crippen molar-refractivity contribution in [3.05, 3.63) is 52.6 Å². The van der Waals surface area contributed by atoms with Gasteiger partial charge in [-0.25, -0.2) is 4.39 Å². The van der Waals surface area contributed by atoms with E-state index in [4.69, 9.17) is 0 Å². The summed E-state index contributed by atoms with van der Waals surface area (Å²) in [5.41, 5.74) is 4.24. The van der Waals surface area contributed by atoms with Gasteiger partial charge in [0.25, 0.3) is 0 Å². The Balaban J connectivity index is 1.65. The van der Waals surface area contributed by atoms with Crippen LogP contribution in [0.1, 0.15) is 54.2 Å². The van der Waals surface area contributed by atoms with E-state index in [0.717, 1.165) is 35.4 Å². The zero-order valence-electron chi connectivity index (χ0n) is 15.2. The number of benzene rings is 1. The molecule has 5 heteroatoms. The maximum atomic E-state index is 13.2. The Labute approximate surface area is 148 Å². The third-order valence-corrected chi connectivity index (χ3v) is 5.43. The number of halogens is 1. The van der Waals surface area contributed by atoms with Gasteiger partial charge in [0.05, 0.1) is 11.7 Å². The minimum atomic E-state index is -0.245. The monoisotopic (exact) mass is 343 g/mol. The average molecular weight is 343 g/mol. The molecule has 0 unspecified atom stereocenters. The Morgan fingerprint density at radius 1 is 1.32 bits per heavy atom. The van der Waals surface area contributed by atoms with Crippen LogP contribution in [0.4, 0.5) is 4.39 Å². The van der Waals surface area contributed by atoms with Crippen molar-refractivity contribution in [3.8, 4) is 0 Å². The first-order valence-electron chi connectivity index (χ1n) is 8.99. The van der Waals surface area contributed by atoms with Crippen molar-refractivity contribution in [1.82, 2.24) is 15.1 Å². The molecular formula is C20H26FN3O. The van der Waals surface area contributed by atoms with Gasteiger partial charge in [-0.05, 0) is 62.3 Å². The van der Waals surface area contributed by atoms with Crippen molar-refractivity contribution in [1.29, 1.82) is 0 Å². The van der Waals surface area contributed by atoms with Gasteiger partial charge in [-0.2, -0.15) is 5.10 Å². The van der Waals surface area contributed by atoms with Crippen LogP contribution in [-0.4, -0.2) is 15.7 Å². The molecule has 0 saturated heterocycles. The molecule has 4 nitrogen and oxygen atoms in total. The Bertz CT molecular complexity index is 747. The third kappa shape index (κ3) is 3.91. The fraction of sp³-hybridized carbons (Fsp3) is 0.500. The molecule has 1 fully saturated rings. The molecule has 3 rings (SSSR count). The Kier molecular flexibility index (Phi) is 5.21. The molecule has 0 spiro atoms. The number of nitrogens with zero attached hydrogens (tertiary/aromatic N) is 2. The minimum Gasteiger partial charge on any atom is -0.349 e. The van der Waals surface area contributed by atoms with Gasteiger partial charge >= 0.3 is 0 Å². The molecule has 1 aliphatic carbocycles. The summed E-state index contributed by atoms with van der Waals surface area (Å²) in [6.07, 6.45) is 4.56. The molecule has 1 aromatic heterocycles.